The highest BCUT2D eigenvalue weighted by Gasteiger charge is 2.34. The van der Waals surface area contributed by atoms with E-state index in [4.69, 9.17) is 11.6 Å². The molecule has 1 fully saturated rings. The largest absolute Gasteiger partial charge is 0.266 e. The first-order valence-electron chi connectivity index (χ1n) is 6.54. The lowest BCUT2D eigenvalue weighted by molar-refractivity contribution is 0.213. The smallest absolute Gasteiger partial charge is 0.260 e. The molecular formula is C12H20ClN3O2S. The van der Waals surface area contributed by atoms with Gasteiger partial charge in [-0.2, -0.15) is 9.40 Å². The van der Waals surface area contributed by atoms with E-state index >= 15 is 0 Å². The number of hydrogen-bond acceptors (Lipinski definition) is 3. The van der Waals surface area contributed by atoms with Gasteiger partial charge in [0.15, 0.2) is 5.03 Å². The Kier molecular flexibility index (Phi) is 4.53. The van der Waals surface area contributed by atoms with Crippen LogP contribution in [0.25, 0.3) is 0 Å². The fraction of sp³-hybridized carbons (Fsp3) is 0.750. The highest BCUT2D eigenvalue weighted by molar-refractivity contribution is 7.89. The topological polar surface area (TPSA) is 66.1 Å². The van der Waals surface area contributed by atoms with E-state index < -0.39 is 10.0 Å². The standard InChI is InChI=1S/C12H20ClN3O2S/c1-9-5-3-4-6-11(9)16(2)19(17,18)12-10(7-13)8-14-15-12/h8-9,11H,3-7H2,1-2H3,(H,14,15). The summed E-state index contributed by atoms with van der Waals surface area (Å²) in [5, 5.41) is 6.49. The van der Waals surface area contributed by atoms with Crippen LogP contribution in [0.4, 0.5) is 0 Å². The maximum Gasteiger partial charge on any atom is 0.260 e. The average Bonchev–Trinajstić information content (AvgIpc) is 2.87. The quantitative estimate of drug-likeness (QED) is 0.868. The summed E-state index contributed by atoms with van der Waals surface area (Å²) in [5.74, 6) is 0.523. The summed E-state index contributed by atoms with van der Waals surface area (Å²) in [5.41, 5.74) is 0.525. The summed E-state index contributed by atoms with van der Waals surface area (Å²) in [6.45, 7) is 2.12. The van der Waals surface area contributed by atoms with Crippen LogP contribution in [0.1, 0.15) is 38.2 Å². The number of rotatable bonds is 4. The maximum atomic E-state index is 12.6. The normalized spacial score (nSPS) is 24.8. The van der Waals surface area contributed by atoms with E-state index in [0.29, 0.717) is 11.5 Å². The third-order valence-electron chi connectivity index (χ3n) is 3.99. The fourth-order valence-corrected chi connectivity index (χ4v) is 4.64. The van der Waals surface area contributed by atoms with Crippen molar-refractivity contribution in [1.29, 1.82) is 0 Å². The fourth-order valence-electron chi connectivity index (χ4n) is 2.78. The van der Waals surface area contributed by atoms with Crippen molar-refractivity contribution >= 4 is 21.6 Å². The van der Waals surface area contributed by atoms with Crippen LogP contribution in [-0.2, 0) is 15.9 Å². The summed E-state index contributed by atoms with van der Waals surface area (Å²) >= 11 is 5.76. The van der Waals surface area contributed by atoms with Crippen LogP contribution in [0, 0.1) is 5.92 Å². The first-order chi connectivity index (χ1) is 8.98. The van der Waals surface area contributed by atoms with Crippen molar-refractivity contribution in [3.8, 4) is 0 Å². The van der Waals surface area contributed by atoms with Gasteiger partial charge in [-0.1, -0.05) is 19.8 Å². The molecule has 0 bridgehead atoms. The number of hydrogen-bond donors (Lipinski definition) is 1. The number of nitrogens with one attached hydrogen (secondary N) is 1. The number of aromatic nitrogens is 2. The van der Waals surface area contributed by atoms with Crippen LogP contribution < -0.4 is 0 Å². The zero-order chi connectivity index (χ0) is 14.0. The number of alkyl halides is 1. The number of nitrogens with zero attached hydrogens (tertiary/aromatic N) is 2. The van der Waals surface area contributed by atoms with Crippen LogP contribution in [0.5, 0.6) is 0 Å². The Morgan fingerprint density at radius 1 is 1.47 bits per heavy atom. The van der Waals surface area contributed by atoms with Crippen LogP contribution in [-0.4, -0.2) is 36.0 Å². The average molecular weight is 306 g/mol. The molecule has 1 aliphatic rings. The van der Waals surface area contributed by atoms with E-state index in [1.54, 1.807) is 7.05 Å². The highest BCUT2D eigenvalue weighted by Crippen LogP contribution is 2.31. The van der Waals surface area contributed by atoms with Gasteiger partial charge in [0.2, 0.25) is 0 Å². The Bertz CT molecular complexity index is 529. The molecule has 0 spiro atoms. The van der Waals surface area contributed by atoms with Crippen molar-refractivity contribution in [3.05, 3.63) is 11.8 Å². The SMILES string of the molecule is CC1CCCCC1N(C)S(=O)(=O)c1[nH]ncc1CCl. The number of H-pyrrole nitrogens is 1. The molecule has 1 aliphatic carbocycles. The van der Waals surface area contributed by atoms with Gasteiger partial charge in [-0.25, -0.2) is 8.42 Å². The molecule has 2 atom stereocenters. The lowest BCUT2D eigenvalue weighted by Crippen LogP contribution is -2.42. The van der Waals surface area contributed by atoms with Crippen molar-refractivity contribution < 1.29 is 8.42 Å². The summed E-state index contributed by atoms with van der Waals surface area (Å²) in [6, 6.07) is 0.0604. The predicted octanol–water partition coefficient (Wildman–Crippen LogP) is 2.35. The Hall–Kier alpha value is -0.590. The molecule has 1 aromatic rings. The lowest BCUT2D eigenvalue weighted by Gasteiger charge is -2.35. The summed E-state index contributed by atoms with van der Waals surface area (Å²) in [4.78, 5) is 0. The third-order valence-corrected chi connectivity index (χ3v) is 6.18. The molecule has 0 amide bonds. The summed E-state index contributed by atoms with van der Waals surface area (Å²) in [7, 11) is -1.89. The van der Waals surface area contributed by atoms with E-state index in [1.807, 2.05) is 0 Å². The van der Waals surface area contributed by atoms with Gasteiger partial charge in [-0.3, -0.25) is 5.10 Å². The number of halogens is 1. The van der Waals surface area contributed by atoms with Gasteiger partial charge in [0.05, 0.1) is 12.1 Å². The molecule has 19 heavy (non-hydrogen) atoms. The predicted molar refractivity (Wildman–Crippen MR) is 74.5 cm³/mol. The maximum absolute atomic E-state index is 12.6. The Balaban J connectivity index is 2.28. The van der Waals surface area contributed by atoms with E-state index in [2.05, 4.69) is 17.1 Å². The minimum atomic E-state index is -3.54. The van der Waals surface area contributed by atoms with E-state index in [1.165, 1.54) is 16.9 Å². The van der Waals surface area contributed by atoms with Crippen LogP contribution in [0.3, 0.4) is 0 Å². The second-order valence-electron chi connectivity index (χ2n) is 5.21. The molecule has 1 aromatic heterocycles. The second-order valence-corrected chi connectivity index (χ2v) is 7.41. The Morgan fingerprint density at radius 2 is 2.16 bits per heavy atom. The first-order valence-corrected chi connectivity index (χ1v) is 8.52. The van der Waals surface area contributed by atoms with Gasteiger partial charge in [-0.05, 0) is 18.8 Å². The monoisotopic (exact) mass is 305 g/mol. The molecule has 0 aliphatic heterocycles. The molecule has 1 N–H and O–H groups in total. The molecule has 2 unspecified atom stereocenters. The van der Waals surface area contributed by atoms with E-state index in [0.717, 1.165) is 19.3 Å². The third kappa shape index (κ3) is 2.80. The lowest BCUT2D eigenvalue weighted by atomic mass is 9.86. The van der Waals surface area contributed by atoms with Crippen molar-refractivity contribution in [2.45, 2.75) is 49.6 Å². The minimum Gasteiger partial charge on any atom is -0.266 e. The zero-order valence-corrected chi connectivity index (χ0v) is 12.8. The van der Waals surface area contributed by atoms with Crippen LogP contribution >= 0.6 is 11.6 Å². The van der Waals surface area contributed by atoms with Crippen molar-refractivity contribution in [2.24, 2.45) is 5.92 Å². The Morgan fingerprint density at radius 3 is 2.79 bits per heavy atom. The Labute approximate surface area is 119 Å². The van der Waals surface area contributed by atoms with Gasteiger partial charge < -0.3 is 0 Å². The zero-order valence-electron chi connectivity index (χ0n) is 11.3. The van der Waals surface area contributed by atoms with Crippen molar-refractivity contribution in [3.63, 3.8) is 0 Å². The molecule has 7 heteroatoms. The van der Waals surface area contributed by atoms with E-state index in [9.17, 15) is 8.42 Å². The molecular weight excluding hydrogens is 286 g/mol. The second kappa shape index (κ2) is 5.81. The van der Waals surface area contributed by atoms with Gasteiger partial charge in [0, 0.05) is 18.7 Å². The molecule has 1 saturated carbocycles. The summed E-state index contributed by atoms with van der Waals surface area (Å²) in [6.07, 6.45) is 5.73. The van der Waals surface area contributed by atoms with Crippen LogP contribution in [0.15, 0.2) is 11.2 Å². The van der Waals surface area contributed by atoms with Gasteiger partial charge in [0.1, 0.15) is 0 Å². The molecule has 5 nitrogen and oxygen atoms in total. The van der Waals surface area contributed by atoms with Gasteiger partial charge >= 0.3 is 0 Å². The van der Waals surface area contributed by atoms with Gasteiger partial charge in [0.25, 0.3) is 10.0 Å². The number of sulfonamides is 1. The highest BCUT2D eigenvalue weighted by atomic mass is 35.5. The van der Waals surface area contributed by atoms with E-state index in [-0.39, 0.29) is 16.9 Å². The molecule has 0 saturated heterocycles. The molecule has 108 valence electrons. The minimum absolute atomic E-state index is 0.0604. The summed E-state index contributed by atoms with van der Waals surface area (Å²) < 4.78 is 26.7. The van der Waals surface area contributed by atoms with Crippen LogP contribution in [0.2, 0.25) is 0 Å². The van der Waals surface area contributed by atoms with Crippen molar-refractivity contribution in [1.82, 2.24) is 14.5 Å². The van der Waals surface area contributed by atoms with Gasteiger partial charge in [-0.15, -0.1) is 11.6 Å². The molecule has 0 aromatic carbocycles. The molecule has 1 heterocycles. The number of aromatic amines is 1. The molecule has 2 rings (SSSR count). The molecule has 0 radical (unpaired) electrons. The first kappa shape index (κ1) is 14.8. The van der Waals surface area contributed by atoms with Crippen molar-refractivity contribution in [2.75, 3.05) is 7.05 Å².